The lowest BCUT2D eigenvalue weighted by molar-refractivity contribution is 0.122. The molecule has 1 aliphatic carbocycles. The number of hydrogen-bond donors (Lipinski definition) is 1. The molecule has 2 aromatic heterocycles. The van der Waals surface area contributed by atoms with Crippen LogP contribution in [0.3, 0.4) is 0 Å². The number of ether oxygens (including phenoxy) is 1. The fourth-order valence-corrected chi connectivity index (χ4v) is 5.62. The van der Waals surface area contributed by atoms with Crippen LogP contribution in [-0.2, 0) is 10.3 Å². The third-order valence-corrected chi connectivity index (χ3v) is 8.00. The number of hydrogen-bond acceptors (Lipinski definition) is 5. The van der Waals surface area contributed by atoms with E-state index in [0.29, 0.717) is 0 Å². The molecule has 7 heteroatoms. The molecule has 0 bridgehead atoms. The first-order chi connectivity index (χ1) is 18.7. The summed E-state index contributed by atoms with van der Waals surface area (Å²) in [7, 11) is 0. The third kappa shape index (κ3) is 4.69. The van der Waals surface area contributed by atoms with Gasteiger partial charge in [-0.05, 0) is 61.2 Å². The van der Waals surface area contributed by atoms with Crippen LogP contribution >= 0.6 is 12.4 Å². The van der Waals surface area contributed by atoms with Crippen LogP contribution in [0.4, 0.5) is 5.69 Å². The molecule has 0 spiro atoms. The van der Waals surface area contributed by atoms with E-state index < -0.39 is 0 Å². The Kier molecular flexibility index (Phi) is 6.85. The lowest BCUT2D eigenvalue weighted by Crippen LogP contribution is -2.43. The molecule has 2 fully saturated rings. The number of anilines is 1. The molecule has 2 N–H and O–H groups in total. The Morgan fingerprint density at radius 1 is 0.744 bits per heavy atom. The molecule has 3 heterocycles. The van der Waals surface area contributed by atoms with Crippen molar-refractivity contribution in [2.45, 2.75) is 24.8 Å². The summed E-state index contributed by atoms with van der Waals surface area (Å²) in [5.41, 5.74) is 14.7. The predicted molar refractivity (Wildman–Crippen MR) is 160 cm³/mol. The highest BCUT2D eigenvalue weighted by atomic mass is 35.5. The number of aromatic nitrogens is 3. The molecule has 6 nitrogen and oxygen atoms in total. The maximum absolute atomic E-state index is 6.61. The molecule has 198 valence electrons. The van der Waals surface area contributed by atoms with Crippen molar-refractivity contribution in [3.63, 3.8) is 0 Å². The lowest BCUT2D eigenvalue weighted by atomic mass is 9.73. The van der Waals surface area contributed by atoms with Crippen molar-refractivity contribution in [2.24, 2.45) is 5.73 Å². The van der Waals surface area contributed by atoms with Gasteiger partial charge in [-0.3, -0.25) is 4.57 Å². The van der Waals surface area contributed by atoms with Crippen LogP contribution in [0.5, 0.6) is 0 Å². The summed E-state index contributed by atoms with van der Waals surface area (Å²) >= 11 is 0. The molecule has 0 atom stereocenters. The molecule has 1 saturated heterocycles. The maximum atomic E-state index is 6.61. The Bertz CT molecular complexity index is 1590. The van der Waals surface area contributed by atoms with E-state index >= 15 is 0 Å². The monoisotopic (exact) mass is 537 g/mol. The molecule has 1 aliphatic heterocycles. The number of nitrogens with zero attached hydrogens (tertiary/aromatic N) is 4. The van der Waals surface area contributed by atoms with E-state index in [2.05, 4.69) is 82.3 Å². The van der Waals surface area contributed by atoms with Gasteiger partial charge in [0.05, 0.1) is 18.9 Å². The van der Waals surface area contributed by atoms with Crippen molar-refractivity contribution in [3.8, 4) is 28.3 Å². The molecular formula is C32H32ClN5O. The molecule has 39 heavy (non-hydrogen) atoms. The van der Waals surface area contributed by atoms with Gasteiger partial charge in [-0.15, -0.1) is 12.4 Å². The van der Waals surface area contributed by atoms with Crippen LogP contribution < -0.4 is 10.6 Å². The maximum Gasteiger partial charge on any atom is 0.165 e. The second kappa shape index (κ2) is 10.5. The Morgan fingerprint density at radius 2 is 1.49 bits per heavy atom. The average Bonchev–Trinajstić information content (AvgIpc) is 3.36. The van der Waals surface area contributed by atoms with Crippen LogP contribution in [0, 0.1) is 0 Å². The number of benzene rings is 3. The fourth-order valence-electron chi connectivity index (χ4n) is 5.62. The minimum atomic E-state index is -0.186. The number of fused-ring (bicyclic) bond motifs is 1. The SMILES string of the molecule is Cl.NC1(c2ccc(-n3c(-c4ccccc4)nc4ccc(-c5cccc(N6CCOCC6)c5)nc43)cc2)CCC1. The summed E-state index contributed by atoms with van der Waals surface area (Å²) in [6, 6.07) is 31.8. The van der Waals surface area contributed by atoms with E-state index in [-0.39, 0.29) is 17.9 Å². The quantitative estimate of drug-likeness (QED) is 0.283. The van der Waals surface area contributed by atoms with Gasteiger partial charge in [0.2, 0.25) is 0 Å². The van der Waals surface area contributed by atoms with Gasteiger partial charge in [0.1, 0.15) is 11.3 Å². The normalized spacial score (nSPS) is 16.5. The fraction of sp³-hybridized carbons (Fsp3) is 0.250. The minimum Gasteiger partial charge on any atom is -0.378 e. The number of imidazole rings is 1. The van der Waals surface area contributed by atoms with E-state index in [1.165, 1.54) is 17.7 Å². The molecule has 2 aliphatic rings. The van der Waals surface area contributed by atoms with Crippen molar-refractivity contribution in [2.75, 3.05) is 31.2 Å². The highest BCUT2D eigenvalue weighted by molar-refractivity contribution is 5.85. The van der Waals surface area contributed by atoms with Gasteiger partial charge in [0, 0.05) is 41.1 Å². The number of morpholine rings is 1. The third-order valence-electron chi connectivity index (χ3n) is 8.00. The summed E-state index contributed by atoms with van der Waals surface area (Å²) in [5.74, 6) is 0.881. The highest BCUT2D eigenvalue weighted by Crippen LogP contribution is 2.39. The first-order valence-corrected chi connectivity index (χ1v) is 13.5. The zero-order valence-electron chi connectivity index (χ0n) is 21.8. The van der Waals surface area contributed by atoms with Gasteiger partial charge >= 0.3 is 0 Å². The van der Waals surface area contributed by atoms with Crippen molar-refractivity contribution in [1.29, 1.82) is 0 Å². The minimum absolute atomic E-state index is 0. The molecular weight excluding hydrogens is 506 g/mol. The second-order valence-electron chi connectivity index (χ2n) is 10.4. The molecule has 0 unspecified atom stereocenters. The van der Waals surface area contributed by atoms with Crippen LogP contribution in [0.15, 0.2) is 91.0 Å². The van der Waals surface area contributed by atoms with Crippen molar-refractivity contribution in [3.05, 3.63) is 96.6 Å². The number of rotatable bonds is 5. The molecule has 1 saturated carbocycles. The molecule has 7 rings (SSSR count). The summed E-state index contributed by atoms with van der Waals surface area (Å²) in [6.07, 6.45) is 3.29. The Morgan fingerprint density at radius 3 is 2.21 bits per heavy atom. The van der Waals surface area contributed by atoms with Crippen LogP contribution in [0.2, 0.25) is 0 Å². The topological polar surface area (TPSA) is 69.2 Å². The summed E-state index contributed by atoms with van der Waals surface area (Å²) < 4.78 is 7.72. The predicted octanol–water partition coefficient (Wildman–Crippen LogP) is 6.35. The van der Waals surface area contributed by atoms with Gasteiger partial charge in [-0.25, -0.2) is 9.97 Å². The highest BCUT2D eigenvalue weighted by Gasteiger charge is 2.34. The number of nitrogens with two attached hydrogens (primary N) is 1. The number of pyridine rings is 1. The standard InChI is InChI=1S/C32H31N5O.ClH/c33-32(16-5-17-32)25-10-12-26(13-11-25)37-30(23-6-2-1-3-7-23)35-29-15-14-28(34-31(29)37)24-8-4-9-27(22-24)36-18-20-38-21-19-36;/h1-4,6-15,22H,5,16-21,33H2;1H. The van der Waals surface area contributed by atoms with Gasteiger partial charge in [0.15, 0.2) is 5.65 Å². The molecule has 0 amide bonds. The van der Waals surface area contributed by atoms with E-state index in [1.54, 1.807) is 0 Å². The van der Waals surface area contributed by atoms with Crippen molar-refractivity contribution in [1.82, 2.24) is 14.5 Å². The van der Waals surface area contributed by atoms with Gasteiger partial charge in [0.25, 0.3) is 0 Å². The first-order valence-electron chi connectivity index (χ1n) is 13.5. The Hall–Kier alpha value is -3.71. The smallest absolute Gasteiger partial charge is 0.165 e. The van der Waals surface area contributed by atoms with Crippen LogP contribution in [0.25, 0.3) is 39.5 Å². The zero-order chi connectivity index (χ0) is 25.5. The molecule has 5 aromatic rings. The second-order valence-corrected chi connectivity index (χ2v) is 10.4. The molecule has 3 aromatic carbocycles. The van der Waals surface area contributed by atoms with E-state index in [1.807, 2.05) is 18.2 Å². The first kappa shape index (κ1) is 25.6. The lowest BCUT2D eigenvalue weighted by Gasteiger charge is -2.38. The zero-order valence-corrected chi connectivity index (χ0v) is 22.6. The van der Waals surface area contributed by atoms with Crippen molar-refractivity contribution >= 4 is 29.3 Å². The van der Waals surface area contributed by atoms with E-state index in [4.69, 9.17) is 20.4 Å². The Balaban J connectivity index is 0.00000277. The summed E-state index contributed by atoms with van der Waals surface area (Å²) in [4.78, 5) is 12.6. The van der Waals surface area contributed by atoms with E-state index in [9.17, 15) is 0 Å². The Labute approximate surface area is 234 Å². The average molecular weight is 538 g/mol. The van der Waals surface area contributed by atoms with Gasteiger partial charge in [-0.2, -0.15) is 0 Å². The van der Waals surface area contributed by atoms with Crippen LogP contribution in [0.1, 0.15) is 24.8 Å². The summed E-state index contributed by atoms with van der Waals surface area (Å²) in [5, 5.41) is 0. The largest absolute Gasteiger partial charge is 0.378 e. The summed E-state index contributed by atoms with van der Waals surface area (Å²) in [6.45, 7) is 3.34. The molecule has 0 radical (unpaired) electrons. The van der Waals surface area contributed by atoms with Gasteiger partial charge < -0.3 is 15.4 Å². The van der Waals surface area contributed by atoms with Gasteiger partial charge in [-0.1, -0.05) is 54.6 Å². The number of halogens is 1. The van der Waals surface area contributed by atoms with E-state index in [0.717, 1.165) is 78.6 Å². The van der Waals surface area contributed by atoms with Crippen molar-refractivity contribution < 1.29 is 4.74 Å². The van der Waals surface area contributed by atoms with Crippen LogP contribution in [-0.4, -0.2) is 40.8 Å².